The maximum Gasteiger partial charge on any atom is 0.237 e. The van der Waals surface area contributed by atoms with E-state index in [1.807, 2.05) is 25.1 Å². The molecule has 2 nitrogen and oxygen atoms in total. The third kappa shape index (κ3) is 4.83. The Morgan fingerprint density at radius 1 is 1.13 bits per heavy atom. The third-order valence-corrected chi connectivity index (χ3v) is 4.97. The molecule has 0 aliphatic carbocycles. The number of hydrogen-bond acceptors (Lipinski definition) is 2. The molecule has 0 saturated carbocycles. The highest BCUT2D eigenvalue weighted by atomic mass is 32.2. The van der Waals surface area contributed by atoms with E-state index in [0.717, 1.165) is 22.6 Å². The Bertz CT molecular complexity index is 657. The molecule has 0 aliphatic heterocycles. The van der Waals surface area contributed by atoms with Crippen LogP contribution in [0, 0.1) is 5.82 Å². The molecular weight excluding hydrogens is 309 g/mol. The Hall–Kier alpha value is -1.81. The number of halogens is 1. The van der Waals surface area contributed by atoms with E-state index in [2.05, 4.69) is 25.2 Å². The summed E-state index contributed by atoms with van der Waals surface area (Å²) in [6, 6.07) is 14.1. The molecule has 0 aromatic heterocycles. The first-order valence-corrected chi connectivity index (χ1v) is 8.71. The second kappa shape index (κ2) is 8.16. The highest BCUT2D eigenvalue weighted by Gasteiger charge is 2.17. The van der Waals surface area contributed by atoms with E-state index < -0.39 is 0 Å². The number of carbonyl (C=O) groups excluding carboxylic acids is 1. The second-order valence-corrected chi connectivity index (χ2v) is 7.01. The molecule has 0 saturated heterocycles. The molecular formula is C19H22FNOS. The SMILES string of the molecule is CC[C@@H](C)c1ccccc1NC(=O)[C@@H](C)Sc1ccc(F)cc1. The van der Waals surface area contributed by atoms with Gasteiger partial charge in [0.2, 0.25) is 5.91 Å². The topological polar surface area (TPSA) is 29.1 Å². The van der Waals surface area contributed by atoms with Crippen LogP contribution in [0.2, 0.25) is 0 Å². The Morgan fingerprint density at radius 2 is 1.78 bits per heavy atom. The van der Waals surface area contributed by atoms with Gasteiger partial charge in [0.15, 0.2) is 0 Å². The number of para-hydroxylation sites is 1. The maximum absolute atomic E-state index is 12.9. The van der Waals surface area contributed by atoms with Crippen molar-refractivity contribution in [2.45, 2.75) is 43.3 Å². The Labute approximate surface area is 141 Å². The van der Waals surface area contributed by atoms with Crippen molar-refractivity contribution in [3.05, 3.63) is 59.9 Å². The lowest BCUT2D eigenvalue weighted by Gasteiger charge is -2.17. The fraction of sp³-hybridized carbons (Fsp3) is 0.316. The first kappa shape index (κ1) is 17.5. The van der Waals surface area contributed by atoms with Gasteiger partial charge in [-0.25, -0.2) is 4.39 Å². The minimum atomic E-state index is -0.270. The maximum atomic E-state index is 12.9. The fourth-order valence-electron chi connectivity index (χ4n) is 2.27. The number of amides is 1. The zero-order valence-electron chi connectivity index (χ0n) is 13.7. The van der Waals surface area contributed by atoms with E-state index in [4.69, 9.17) is 0 Å². The Morgan fingerprint density at radius 3 is 2.43 bits per heavy atom. The van der Waals surface area contributed by atoms with Crippen molar-refractivity contribution in [2.24, 2.45) is 0 Å². The molecule has 0 bridgehead atoms. The highest BCUT2D eigenvalue weighted by Crippen LogP contribution is 2.28. The van der Waals surface area contributed by atoms with Crippen LogP contribution in [-0.2, 0) is 4.79 Å². The summed E-state index contributed by atoms with van der Waals surface area (Å²) in [5.74, 6) is 0.0792. The summed E-state index contributed by atoms with van der Waals surface area (Å²) in [5, 5.41) is 2.76. The summed E-state index contributed by atoms with van der Waals surface area (Å²) in [6.45, 7) is 6.15. The monoisotopic (exact) mass is 331 g/mol. The molecule has 0 aliphatic rings. The lowest BCUT2D eigenvalue weighted by molar-refractivity contribution is -0.115. The summed E-state index contributed by atoms with van der Waals surface area (Å²) in [7, 11) is 0. The summed E-state index contributed by atoms with van der Waals surface area (Å²) in [5.41, 5.74) is 2.03. The number of carbonyl (C=O) groups is 1. The first-order valence-electron chi connectivity index (χ1n) is 7.83. The van der Waals surface area contributed by atoms with Gasteiger partial charge in [0.25, 0.3) is 0 Å². The highest BCUT2D eigenvalue weighted by molar-refractivity contribution is 8.00. The molecule has 122 valence electrons. The minimum Gasteiger partial charge on any atom is -0.325 e. The predicted octanol–water partition coefficient (Wildman–Crippen LogP) is 5.46. The molecule has 1 N–H and O–H groups in total. The quantitative estimate of drug-likeness (QED) is 0.712. The molecule has 2 aromatic carbocycles. The summed E-state index contributed by atoms with van der Waals surface area (Å²) < 4.78 is 12.9. The van der Waals surface area contributed by atoms with E-state index in [-0.39, 0.29) is 17.0 Å². The molecule has 0 heterocycles. The van der Waals surface area contributed by atoms with Crippen molar-refractivity contribution in [3.8, 4) is 0 Å². The van der Waals surface area contributed by atoms with Crippen LogP contribution < -0.4 is 5.32 Å². The van der Waals surface area contributed by atoms with Gasteiger partial charge in [-0.2, -0.15) is 0 Å². The van der Waals surface area contributed by atoms with Gasteiger partial charge in [0.05, 0.1) is 5.25 Å². The second-order valence-electron chi connectivity index (χ2n) is 5.60. The van der Waals surface area contributed by atoms with Crippen molar-refractivity contribution in [2.75, 3.05) is 5.32 Å². The number of benzene rings is 2. The van der Waals surface area contributed by atoms with Gasteiger partial charge >= 0.3 is 0 Å². The number of anilines is 1. The normalized spacial score (nSPS) is 13.4. The van der Waals surface area contributed by atoms with Crippen LogP contribution in [0.25, 0.3) is 0 Å². The Kier molecular flexibility index (Phi) is 6.22. The van der Waals surface area contributed by atoms with Gasteiger partial charge in [-0.3, -0.25) is 4.79 Å². The largest absolute Gasteiger partial charge is 0.325 e. The van der Waals surface area contributed by atoms with Crippen LogP contribution in [0.3, 0.4) is 0 Å². The van der Waals surface area contributed by atoms with E-state index in [9.17, 15) is 9.18 Å². The fourth-order valence-corrected chi connectivity index (χ4v) is 3.13. The van der Waals surface area contributed by atoms with Gasteiger partial charge < -0.3 is 5.32 Å². The zero-order chi connectivity index (χ0) is 16.8. The summed E-state index contributed by atoms with van der Waals surface area (Å²) in [6.07, 6.45) is 1.02. The van der Waals surface area contributed by atoms with Crippen LogP contribution in [0.4, 0.5) is 10.1 Å². The van der Waals surface area contributed by atoms with E-state index in [1.54, 1.807) is 12.1 Å². The smallest absolute Gasteiger partial charge is 0.237 e. The van der Waals surface area contributed by atoms with Crippen LogP contribution in [-0.4, -0.2) is 11.2 Å². The van der Waals surface area contributed by atoms with Gasteiger partial charge in [0.1, 0.15) is 5.82 Å². The van der Waals surface area contributed by atoms with E-state index in [0.29, 0.717) is 5.92 Å². The standard InChI is InChI=1S/C19H22FNOS/c1-4-13(2)17-7-5-6-8-18(17)21-19(22)14(3)23-16-11-9-15(20)10-12-16/h5-14H,4H2,1-3H3,(H,21,22)/t13-,14-/m1/s1. The molecule has 23 heavy (non-hydrogen) atoms. The van der Waals surface area contributed by atoms with Crippen molar-refractivity contribution >= 4 is 23.4 Å². The molecule has 2 aromatic rings. The van der Waals surface area contributed by atoms with Crippen molar-refractivity contribution in [3.63, 3.8) is 0 Å². The van der Waals surface area contributed by atoms with Gasteiger partial charge in [-0.15, -0.1) is 11.8 Å². The average Bonchev–Trinajstić information content (AvgIpc) is 2.56. The van der Waals surface area contributed by atoms with Gasteiger partial charge in [-0.1, -0.05) is 32.0 Å². The molecule has 0 radical (unpaired) electrons. The molecule has 0 fully saturated rings. The number of nitrogens with one attached hydrogen (secondary N) is 1. The van der Waals surface area contributed by atoms with Crippen molar-refractivity contribution < 1.29 is 9.18 Å². The molecule has 4 heteroatoms. The average molecular weight is 331 g/mol. The van der Waals surface area contributed by atoms with Crippen LogP contribution >= 0.6 is 11.8 Å². The molecule has 0 spiro atoms. The summed E-state index contributed by atoms with van der Waals surface area (Å²) >= 11 is 1.42. The zero-order valence-corrected chi connectivity index (χ0v) is 14.5. The summed E-state index contributed by atoms with van der Waals surface area (Å²) in [4.78, 5) is 13.3. The van der Waals surface area contributed by atoms with Crippen LogP contribution in [0.5, 0.6) is 0 Å². The van der Waals surface area contributed by atoms with E-state index in [1.165, 1.54) is 23.9 Å². The Balaban J connectivity index is 2.05. The van der Waals surface area contributed by atoms with Crippen molar-refractivity contribution in [1.82, 2.24) is 0 Å². The molecule has 2 rings (SSSR count). The van der Waals surface area contributed by atoms with E-state index >= 15 is 0 Å². The number of thioether (sulfide) groups is 1. The van der Waals surface area contributed by atoms with Crippen LogP contribution in [0.15, 0.2) is 53.4 Å². The molecule has 1 amide bonds. The first-order chi connectivity index (χ1) is 11.0. The molecule has 0 unspecified atom stereocenters. The molecule has 2 atom stereocenters. The lowest BCUT2D eigenvalue weighted by Crippen LogP contribution is -2.23. The van der Waals surface area contributed by atoms with Gasteiger partial charge in [-0.05, 0) is 55.2 Å². The predicted molar refractivity (Wildman–Crippen MR) is 95.5 cm³/mol. The van der Waals surface area contributed by atoms with Gasteiger partial charge in [0, 0.05) is 10.6 Å². The minimum absolute atomic E-state index is 0.0462. The van der Waals surface area contributed by atoms with Crippen LogP contribution in [0.1, 0.15) is 38.7 Å². The number of hydrogen-bond donors (Lipinski definition) is 1. The van der Waals surface area contributed by atoms with Crippen molar-refractivity contribution in [1.29, 1.82) is 0 Å². The lowest BCUT2D eigenvalue weighted by atomic mass is 9.97. The number of rotatable bonds is 6. The third-order valence-electron chi connectivity index (χ3n) is 3.86.